The predicted octanol–water partition coefficient (Wildman–Crippen LogP) is 1.88. The monoisotopic (exact) mass is 184 g/mol. The normalized spacial score (nSPS) is 9.50. The van der Waals surface area contributed by atoms with Crippen molar-refractivity contribution in [2.24, 2.45) is 0 Å². The van der Waals surface area contributed by atoms with Crippen molar-refractivity contribution in [2.75, 3.05) is 11.1 Å². The van der Waals surface area contributed by atoms with E-state index in [0.717, 1.165) is 0 Å². The maximum absolute atomic E-state index is 10.6. The van der Waals surface area contributed by atoms with Gasteiger partial charge in [-0.1, -0.05) is 11.6 Å². The summed E-state index contributed by atoms with van der Waals surface area (Å²) < 4.78 is 0. The number of nitrogens with one attached hydrogen (secondary N) is 1. The van der Waals surface area contributed by atoms with E-state index in [2.05, 4.69) is 5.32 Å². The fourth-order valence-corrected chi connectivity index (χ4v) is 0.942. The van der Waals surface area contributed by atoms with Crippen LogP contribution in [0.15, 0.2) is 18.2 Å². The first-order chi connectivity index (χ1) is 5.59. The maximum atomic E-state index is 10.6. The molecule has 1 aromatic carbocycles. The number of nitrogen functional groups attached to an aromatic ring is 1. The van der Waals surface area contributed by atoms with Gasteiger partial charge in [-0.25, -0.2) is 0 Å². The smallest absolute Gasteiger partial charge is 0.221 e. The van der Waals surface area contributed by atoms with Crippen LogP contribution in [-0.2, 0) is 4.79 Å². The molecule has 64 valence electrons. The number of benzene rings is 1. The molecule has 0 atom stereocenters. The number of halogens is 1. The van der Waals surface area contributed by atoms with Gasteiger partial charge in [-0.3, -0.25) is 4.79 Å². The lowest BCUT2D eigenvalue weighted by molar-refractivity contribution is -0.114. The van der Waals surface area contributed by atoms with Crippen molar-refractivity contribution < 1.29 is 4.79 Å². The third-order valence-electron chi connectivity index (χ3n) is 1.32. The van der Waals surface area contributed by atoms with Crippen LogP contribution >= 0.6 is 11.6 Å². The molecule has 1 amide bonds. The van der Waals surface area contributed by atoms with Gasteiger partial charge >= 0.3 is 0 Å². The van der Waals surface area contributed by atoms with E-state index in [0.29, 0.717) is 16.4 Å². The van der Waals surface area contributed by atoms with Crippen molar-refractivity contribution >= 4 is 28.9 Å². The molecule has 0 saturated heterocycles. The van der Waals surface area contributed by atoms with Crippen molar-refractivity contribution in [2.45, 2.75) is 6.92 Å². The molecule has 0 fully saturated rings. The summed E-state index contributed by atoms with van der Waals surface area (Å²) in [5, 5.41) is 3.09. The lowest BCUT2D eigenvalue weighted by atomic mass is 10.3. The van der Waals surface area contributed by atoms with Gasteiger partial charge in [0.2, 0.25) is 5.91 Å². The number of nitrogens with two attached hydrogens (primary N) is 1. The molecule has 1 aromatic rings. The zero-order valence-electron chi connectivity index (χ0n) is 6.60. The number of anilines is 2. The Balaban J connectivity index is 2.89. The highest BCUT2D eigenvalue weighted by molar-refractivity contribution is 6.33. The average molecular weight is 185 g/mol. The van der Waals surface area contributed by atoms with E-state index in [9.17, 15) is 4.79 Å². The maximum Gasteiger partial charge on any atom is 0.221 e. The summed E-state index contributed by atoms with van der Waals surface area (Å²) >= 11 is 5.68. The number of carbonyl (C=O) groups is 1. The molecule has 0 saturated carbocycles. The summed E-state index contributed by atoms with van der Waals surface area (Å²) in [6.45, 7) is 1.44. The van der Waals surface area contributed by atoms with Crippen LogP contribution in [0.2, 0.25) is 5.02 Å². The molecule has 0 aliphatic heterocycles. The topological polar surface area (TPSA) is 55.1 Å². The fourth-order valence-electron chi connectivity index (χ4n) is 0.825. The van der Waals surface area contributed by atoms with Crippen molar-refractivity contribution in [1.82, 2.24) is 0 Å². The van der Waals surface area contributed by atoms with E-state index in [4.69, 9.17) is 17.3 Å². The van der Waals surface area contributed by atoms with Crippen molar-refractivity contribution in [3.63, 3.8) is 0 Å². The minimum absolute atomic E-state index is 0.128. The summed E-state index contributed by atoms with van der Waals surface area (Å²) in [4.78, 5) is 10.6. The second-order valence-corrected chi connectivity index (χ2v) is 2.82. The Morgan fingerprint density at radius 1 is 1.58 bits per heavy atom. The van der Waals surface area contributed by atoms with Gasteiger partial charge in [-0.15, -0.1) is 0 Å². The minimum Gasteiger partial charge on any atom is -0.397 e. The number of hydrogen-bond acceptors (Lipinski definition) is 2. The van der Waals surface area contributed by atoms with Crippen LogP contribution in [-0.4, -0.2) is 5.91 Å². The Labute approximate surface area is 75.5 Å². The van der Waals surface area contributed by atoms with Gasteiger partial charge in [0.1, 0.15) is 0 Å². The van der Waals surface area contributed by atoms with E-state index in [1.165, 1.54) is 6.92 Å². The second kappa shape index (κ2) is 3.45. The number of rotatable bonds is 1. The highest BCUT2D eigenvalue weighted by atomic mass is 35.5. The first kappa shape index (κ1) is 8.87. The summed E-state index contributed by atoms with van der Waals surface area (Å²) in [5.41, 5.74) is 6.63. The zero-order valence-corrected chi connectivity index (χ0v) is 7.35. The summed E-state index contributed by atoms with van der Waals surface area (Å²) in [5.74, 6) is -0.128. The molecule has 0 bridgehead atoms. The van der Waals surface area contributed by atoms with Crippen LogP contribution in [0.25, 0.3) is 0 Å². The standard InChI is InChI=1S/C8H9ClN2O/c1-5(12)11-6-2-3-7(9)8(10)4-6/h2-4H,10H2,1H3,(H,11,12). The molecular weight excluding hydrogens is 176 g/mol. The summed E-state index contributed by atoms with van der Waals surface area (Å²) in [6, 6.07) is 4.95. The molecular formula is C8H9ClN2O. The van der Waals surface area contributed by atoms with Gasteiger partial charge in [0.15, 0.2) is 0 Å². The molecule has 0 unspecified atom stereocenters. The van der Waals surface area contributed by atoms with Crippen LogP contribution in [0.4, 0.5) is 11.4 Å². The fraction of sp³-hybridized carbons (Fsp3) is 0.125. The number of carbonyl (C=O) groups excluding carboxylic acids is 1. The minimum atomic E-state index is -0.128. The molecule has 12 heavy (non-hydrogen) atoms. The van der Waals surface area contributed by atoms with Gasteiger partial charge in [-0.05, 0) is 18.2 Å². The van der Waals surface area contributed by atoms with Crippen LogP contribution in [0.1, 0.15) is 6.92 Å². The number of hydrogen-bond donors (Lipinski definition) is 2. The Morgan fingerprint density at radius 2 is 2.25 bits per heavy atom. The van der Waals surface area contributed by atoms with Gasteiger partial charge in [0.25, 0.3) is 0 Å². The van der Waals surface area contributed by atoms with E-state index in [-0.39, 0.29) is 5.91 Å². The molecule has 3 nitrogen and oxygen atoms in total. The summed E-state index contributed by atoms with van der Waals surface area (Å²) in [7, 11) is 0. The molecule has 4 heteroatoms. The Morgan fingerprint density at radius 3 is 2.75 bits per heavy atom. The highest BCUT2D eigenvalue weighted by Gasteiger charge is 1.98. The largest absolute Gasteiger partial charge is 0.397 e. The molecule has 3 N–H and O–H groups in total. The Bertz CT molecular complexity index is 312. The first-order valence-corrected chi connectivity index (χ1v) is 3.80. The van der Waals surface area contributed by atoms with Crippen molar-refractivity contribution in [3.8, 4) is 0 Å². The van der Waals surface area contributed by atoms with E-state index in [1.54, 1.807) is 18.2 Å². The van der Waals surface area contributed by atoms with Gasteiger partial charge < -0.3 is 11.1 Å². The zero-order chi connectivity index (χ0) is 9.14. The highest BCUT2D eigenvalue weighted by Crippen LogP contribution is 2.21. The molecule has 0 heterocycles. The van der Waals surface area contributed by atoms with Crippen LogP contribution < -0.4 is 11.1 Å². The summed E-state index contributed by atoms with van der Waals surface area (Å²) in [6.07, 6.45) is 0. The second-order valence-electron chi connectivity index (χ2n) is 2.42. The quantitative estimate of drug-likeness (QED) is 0.655. The lowest BCUT2D eigenvalue weighted by Crippen LogP contribution is -2.05. The third kappa shape index (κ3) is 2.13. The molecule has 0 radical (unpaired) electrons. The van der Waals surface area contributed by atoms with Gasteiger partial charge in [-0.2, -0.15) is 0 Å². The van der Waals surface area contributed by atoms with Crippen molar-refractivity contribution in [3.05, 3.63) is 23.2 Å². The Kier molecular flexibility index (Phi) is 2.55. The van der Waals surface area contributed by atoms with Gasteiger partial charge in [0.05, 0.1) is 10.7 Å². The molecule has 0 aromatic heterocycles. The van der Waals surface area contributed by atoms with E-state index >= 15 is 0 Å². The average Bonchev–Trinajstić information content (AvgIpc) is 1.96. The number of amides is 1. The van der Waals surface area contributed by atoms with Gasteiger partial charge in [0, 0.05) is 12.6 Å². The van der Waals surface area contributed by atoms with Crippen LogP contribution in [0, 0.1) is 0 Å². The predicted molar refractivity (Wildman–Crippen MR) is 50.2 cm³/mol. The van der Waals surface area contributed by atoms with Crippen LogP contribution in [0.5, 0.6) is 0 Å². The SMILES string of the molecule is CC(=O)Nc1ccc(Cl)c(N)c1. The molecule has 1 rings (SSSR count). The van der Waals surface area contributed by atoms with E-state index in [1.807, 2.05) is 0 Å². The third-order valence-corrected chi connectivity index (χ3v) is 1.66. The van der Waals surface area contributed by atoms with E-state index < -0.39 is 0 Å². The molecule has 0 aliphatic carbocycles. The first-order valence-electron chi connectivity index (χ1n) is 3.42. The molecule has 0 spiro atoms. The van der Waals surface area contributed by atoms with Crippen LogP contribution in [0.3, 0.4) is 0 Å². The van der Waals surface area contributed by atoms with Crippen molar-refractivity contribution in [1.29, 1.82) is 0 Å². The Hall–Kier alpha value is -1.22. The lowest BCUT2D eigenvalue weighted by Gasteiger charge is -2.03. The molecule has 0 aliphatic rings.